The van der Waals surface area contributed by atoms with E-state index in [1.807, 2.05) is 84.9 Å². The number of hydrogen-bond donors (Lipinski definition) is 2. The van der Waals surface area contributed by atoms with Crippen LogP contribution < -0.4 is 10.6 Å². The van der Waals surface area contributed by atoms with E-state index in [1.165, 1.54) is 0 Å². The second kappa shape index (κ2) is 8.09. The van der Waals surface area contributed by atoms with Gasteiger partial charge < -0.3 is 10.6 Å². The topological polar surface area (TPSA) is 41.1 Å². The van der Waals surface area contributed by atoms with Crippen LogP contribution in [0.1, 0.15) is 37.8 Å². The zero-order valence-corrected chi connectivity index (χ0v) is 16.1. The van der Waals surface area contributed by atoms with Crippen LogP contribution in [0.2, 0.25) is 0 Å². The summed E-state index contributed by atoms with van der Waals surface area (Å²) in [5.74, 6) is -0.385. The van der Waals surface area contributed by atoms with Crippen molar-refractivity contribution in [2.45, 2.75) is 32.2 Å². The Labute approximate surface area is 161 Å². The number of hydrogen-bond acceptors (Lipinski definition) is 2. The van der Waals surface area contributed by atoms with Gasteiger partial charge in [-0.3, -0.25) is 4.79 Å². The first-order valence-corrected chi connectivity index (χ1v) is 9.21. The van der Waals surface area contributed by atoms with Gasteiger partial charge in [0.05, 0.1) is 5.92 Å². The van der Waals surface area contributed by atoms with Gasteiger partial charge in [-0.15, -0.1) is 0 Å². The minimum Gasteiger partial charge on any atom is -0.380 e. The monoisotopic (exact) mass is 358 g/mol. The van der Waals surface area contributed by atoms with E-state index >= 15 is 0 Å². The Balaban J connectivity index is 1.81. The Hall–Kier alpha value is -3.07. The molecule has 0 unspecified atom stereocenters. The van der Waals surface area contributed by atoms with E-state index < -0.39 is 0 Å². The average molecular weight is 358 g/mol. The molecule has 138 valence electrons. The molecule has 27 heavy (non-hydrogen) atoms. The fourth-order valence-electron chi connectivity index (χ4n) is 3.07. The molecule has 3 nitrogen and oxygen atoms in total. The van der Waals surface area contributed by atoms with Crippen molar-refractivity contribution in [3.8, 4) is 0 Å². The van der Waals surface area contributed by atoms with Gasteiger partial charge in [0.15, 0.2) is 0 Å². The van der Waals surface area contributed by atoms with E-state index in [0.29, 0.717) is 0 Å². The highest BCUT2D eigenvalue weighted by molar-refractivity contribution is 5.98. The van der Waals surface area contributed by atoms with Crippen molar-refractivity contribution >= 4 is 17.3 Å². The second-order valence-electron chi connectivity index (χ2n) is 7.70. The number of amides is 1. The van der Waals surface area contributed by atoms with Crippen molar-refractivity contribution < 1.29 is 4.79 Å². The lowest BCUT2D eigenvalue weighted by Crippen LogP contribution is -2.26. The van der Waals surface area contributed by atoms with Crippen molar-refractivity contribution in [3.63, 3.8) is 0 Å². The van der Waals surface area contributed by atoms with Crippen molar-refractivity contribution in [3.05, 3.63) is 96.1 Å². The molecule has 3 aromatic rings. The summed E-state index contributed by atoms with van der Waals surface area (Å²) in [4.78, 5) is 13.1. The lowest BCUT2D eigenvalue weighted by atomic mass is 9.90. The molecular formula is C24H26N2O. The van der Waals surface area contributed by atoms with E-state index in [9.17, 15) is 4.79 Å². The molecule has 3 aromatic carbocycles. The summed E-state index contributed by atoms with van der Waals surface area (Å²) in [5.41, 5.74) is 3.77. The van der Waals surface area contributed by atoms with Crippen molar-refractivity contribution in [1.82, 2.24) is 0 Å². The van der Waals surface area contributed by atoms with Gasteiger partial charge in [-0.05, 0) is 56.2 Å². The normalized spacial score (nSPS) is 11.3. The summed E-state index contributed by atoms with van der Waals surface area (Å²) < 4.78 is 0. The Bertz CT molecular complexity index is 826. The predicted molar refractivity (Wildman–Crippen MR) is 113 cm³/mol. The van der Waals surface area contributed by atoms with Crippen molar-refractivity contribution in [2.24, 2.45) is 0 Å². The van der Waals surface area contributed by atoms with Gasteiger partial charge in [-0.25, -0.2) is 0 Å². The summed E-state index contributed by atoms with van der Waals surface area (Å²) >= 11 is 0. The van der Waals surface area contributed by atoms with Crippen molar-refractivity contribution in [2.75, 3.05) is 10.6 Å². The van der Waals surface area contributed by atoms with Crippen LogP contribution in [0.4, 0.5) is 11.4 Å². The van der Waals surface area contributed by atoms with Crippen LogP contribution >= 0.6 is 0 Å². The SMILES string of the molecule is CC(C)(C)Nc1ccc(NC(=O)C(c2ccccc2)c2ccccc2)cc1. The smallest absolute Gasteiger partial charge is 0.236 e. The van der Waals surface area contributed by atoms with E-state index in [4.69, 9.17) is 0 Å². The van der Waals surface area contributed by atoms with Crippen LogP contribution in [0.3, 0.4) is 0 Å². The molecule has 0 aliphatic heterocycles. The summed E-state index contributed by atoms with van der Waals surface area (Å²) in [5, 5.41) is 6.49. The zero-order chi connectivity index (χ0) is 19.3. The third-order valence-corrected chi connectivity index (χ3v) is 4.20. The third kappa shape index (κ3) is 5.20. The highest BCUT2D eigenvalue weighted by Gasteiger charge is 2.22. The summed E-state index contributed by atoms with van der Waals surface area (Å²) in [6, 6.07) is 27.6. The van der Waals surface area contributed by atoms with E-state index in [1.54, 1.807) is 0 Å². The number of carbonyl (C=O) groups is 1. The summed E-state index contributed by atoms with van der Waals surface area (Å²) in [6.45, 7) is 6.35. The number of rotatable bonds is 5. The van der Waals surface area contributed by atoms with Crippen LogP contribution in [0.5, 0.6) is 0 Å². The van der Waals surface area contributed by atoms with Gasteiger partial charge in [0, 0.05) is 16.9 Å². The maximum Gasteiger partial charge on any atom is 0.236 e. The first kappa shape index (κ1) is 18.7. The predicted octanol–water partition coefficient (Wildman–Crippen LogP) is 5.67. The first-order chi connectivity index (χ1) is 12.9. The van der Waals surface area contributed by atoms with E-state index in [2.05, 4.69) is 31.4 Å². The van der Waals surface area contributed by atoms with Crippen LogP contribution in [0.15, 0.2) is 84.9 Å². The molecule has 0 aliphatic rings. The quantitative estimate of drug-likeness (QED) is 0.617. The first-order valence-electron chi connectivity index (χ1n) is 9.21. The Morgan fingerprint density at radius 3 is 1.59 bits per heavy atom. The number of carbonyl (C=O) groups excluding carboxylic acids is 1. The highest BCUT2D eigenvalue weighted by atomic mass is 16.1. The lowest BCUT2D eigenvalue weighted by Gasteiger charge is -2.22. The number of nitrogens with one attached hydrogen (secondary N) is 2. The standard InChI is InChI=1S/C24H26N2O/c1-24(2,3)26-21-16-14-20(15-17-21)25-23(27)22(18-10-6-4-7-11-18)19-12-8-5-9-13-19/h4-17,22,26H,1-3H3,(H,25,27). The molecule has 3 rings (SSSR count). The van der Waals surface area contributed by atoms with Gasteiger partial charge in [0.25, 0.3) is 0 Å². The molecule has 0 aliphatic carbocycles. The molecule has 1 amide bonds. The summed E-state index contributed by atoms with van der Waals surface area (Å²) in [6.07, 6.45) is 0. The Morgan fingerprint density at radius 1 is 0.704 bits per heavy atom. The van der Waals surface area contributed by atoms with Crippen LogP contribution in [-0.4, -0.2) is 11.4 Å². The fraction of sp³-hybridized carbons (Fsp3) is 0.208. The van der Waals surface area contributed by atoms with Gasteiger partial charge in [0.1, 0.15) is 0 Å². The number of benzene rings is 3. The zero-order valence-electron chi connectivity index (χ0n) is 16.1. The lowest BCUT2D eigenvalue weighted by molar-refractivity contribution is -0.116. The van der Waals surface area contributed by atoms with Gasteiger partial charge >= 0.3 is 0 Å². The van der Waals surface area contributed by atoms with Crippen LogP contribution in [-0.2, 0) is 4.79 Å². The number of anilines is 2. The fourth-order valence-corrected chi connectivity index (χ4v) is 3.07. The second-order valence-corrected chi connectivity index (χ2v) is 7.70. The molecule has 0 saturated heterocycles. The van der Waals surface area contributed by atoms with Gasteiger partial charge in [0.2, 0.25) is 5.91 Å². The van der Waals surface area contributed by atoms with Gasteiger partial charge in [-0.2, -0.15) is 0 Å². The largest absolute Gasteiger partial charge is 0.380 e. The van der Waals surface area contributed by atoms with Crippen LogP contribution in [0.25, 0.3) is 0 Å². The average Bonchev–Trinajstić information content (AvgIpc) is 2.64. The van der Waals surface area contributed by atoms with Crippen LogP contribution in [0, 0.1) is 0 Å². The van der Waals surface area contributed by atoms with E-state index in [0.717, 1.165) is 22.5 Å². The molecule has 0 spiro atoms. The maximum atomic E-state index is 13.1. The molecule has 0 fully saturated rings. The molecule has 2 N–H and O–H groups in total. The Kier molecular flexibility index (Phi) is 5.60. The molecule has 3 heteroatoms. The molecule has 0 radical (unpaired) electrons. The summed E-state index contributed by atoms with van der Waals surface area (Å²) in [7, 11) is 0. The highest BCUT2D eigenvalue weighted by Crippen LogP contribution is 2.27. The third-order valence-electron chi connectivity index (χ3n) is 4.20. The van der Waals surface area contributed by atoms with E-state index in [-0.39, 0.29) is 17.4 Å². The minimum absolute atomic E-state index is 0.00349. The molecule has 0 saturated carbocycles. The Morgan fingerprint density at radius 2 is 1.15 bits per heavy atom. The molecule has 0 bridgehead atoms. The minimum atomic E-state index is -0.347. The molecule has 0 aromatic heterocycles. The molecular weight excluding hydrogens is 332 g/mol. The molecule has 0 atom stereocenters. The molecule has 0 heterocycles. The van der Waals surface area contributed by atoms with Gasteiger partial charge in [-0.1, -0.05) is 60.7 Å². The maximum absolute atomic E-state index is 13.1. The van der Waals surface area contributed by atoms with Crippen molar-refractivity contribution in [1.29, 1.82) is 0 Å².